The number of anilines is 3. The molecule has 0 aliphatic heterocycles. The van der Waals surface area contributed by atoms with Gasteiger partial charge in [0.25, 0.3) is 5.91 Å². The maximum absolute atomic E-state index is 12.5. The molecule has 2 aromatic carbocycles. The second kappa shape index (κ2) is 8.64. The van der Waals surface area contributed by atoms with Crippen LogP contribution in [0.25, 0.3) is 0 Å². The number of hydrogen-bond acceptors (Lipinski definition) is 6. The van der Waals surface area contributed by atoms with Crippen molar-refractivity contribution in [3.63, 3.8) is 0 Å². The van der Waals surface area contributed by atoms with Crippen molar-refractivity contribution in [2.24, 2.45) is 0 Å². The number of benzene rings is 2. The van der Waals surface area contributed by atoms with Crippen LogP contribution in [0.3, 0.4) is 0 Å². The minimum Gasteiger partial charge on any atom is -0.489 e. The minimum absolute atomic E-state index is 0.0111. The molecule has 0 saturated carbocycles. The van der Waals surface area contributed by atoms with E-state index in [1.165, 1.54) is 12.4 Å². The molecule has 0 atom stereocenters. The van der Waals surface area contributed by atoms with Gasteiger partial charge in [0.2, 0.25) is 5.95 Å². The van der Waals surface area contributed by atoms with Crippen LogP contribution >= 0.6 is 0 Å². The topological polar surface area (TPSA) is 99.9 Å². The van der Waals surface area contributed by atoms with Gasteiger partial charge >= 0.3 is 0 Å². The summed E-state index contributed by atoms with van der Waals surface area (Å²) in [6.07, 6.45) is 2.83. The maximum atomic E-state index is 12.5. The Morgan fingerprint density at radius 1 is 1.04 bits per heavy atom. The fraction of sp³-hybridized carbons (Fsp3) is 0.143. The van der Waals surface area contributed by atoms with Gasteiger partial charge in [-0.15, -0.1) is 0 Å². The van der Waals surface area contributed by atoms with E-state index in [0.29, 0.717) is 34.2 Å². The van der Waals surface area contributed by atoms with Crippen LogP contribution in [-0.4, -0.2) is 22.0 Å². The van der Waals surface area contributed by atoms with Crippen molar-refractivity contribution in [1.82, 2.24) is 9.97 Å². The molecule has 1 heterocycles. The van der Waals surface area contributed by atoms with E-state index in [2.05, 4.69) is 26.7 Å². The van der Waals surface area contributed by atoms with Crippen LogP contribution < -0.4 is 15.4 Å². The third-order valence-electron chi connectivity index (χ3n) is 3.71. The highest BCUT2D eigenvalue weighted by Gasteiger charge is 2.12. The molecule has 0 aliphatic rings. The van der Waals surface area contributed by atoms with E-state index in [-0.39, 0.29) is 12.0 Å². The highest BCUT2D eigenvalue weighted by Crippen LogP contribution is 2.25. The van der Waals surface area contributed by atoms with Gasteiger partial charge in [0.1, 0.15) is 11.8 Å². The van der Waals surface area contributed by atoms with Gasteiger partial charge in [-0.25, -0.2) is 9.97 Å². The molecule has 28 heavy (non-hydrogen) atoms. The zero-order chi connectivity index (χ0) is 19.9. The lowest BCUT2D eigenvalue weighted by molar-refractivity contribution is 0.102. The van der Waals surface area contributed by atoms with Gasteiger partial charge in [-0.3, -0.25) is 4.79 Å². The van der Waals surface area contributed by atoms with E-state index < -0.39 is 0 Å². The lowest BCUT2D eigenvalue weighted by Gasteiger charge is -2.14. The molecule has 0 radical (unpaired) electrons. The molecule has 3 rings (SSSR count). The Balaban J connectivity index is 1.72. The Labute approximate surface area is 163 Å². The minimum atomic E-state index is -0.344. The van der Waals surface area contributed by atoms with Crippen LogP contribution in [0.4, 0.5) is 17.3 Å². The van der Waals surface area contributed by atoms with Crippen molar-refractivity contribution < 1.29 is 9.53 Å². The number of para-hydroxylation sites is 3. The normalized spacial score (nSPS) is 10.2. The molecule has 1 aromatic heterocycles. The molecule has 2 N–H and O–H groups in total. The SMILES string of the molecule is CC(C)Oc1ccccc1NC(=O)c1cnc(Nc2ccccc2C#N)nc1. The van der Waals surface area contributed by atoms with E-state index in [9.17, 15) is 4.79 Å². The van der Waals surface area contributed by atoms with Crippen LogP contribution in [-0.2, 0) is 0 Å². The van der Waals surface area contributed by atoms with Gasteiger partial charge < -0.3 is 15.4 Å². The van der Waals surface area contributed by atoms with Crippen molar-refractivity contribution in [3.05, 3.63) is 72.1 Å². The number of aromatic nitrogens is 2. The van der Waals surface area contributed by atoms with Gasteiger partial charge in [0.05, 0.1) is 28.6 Å². The summed E-state index contributed by atoms with van der Waals surface area (Å²) in [6.45, 7) is 3.84. The van der Waals surface area contributed by atoms with E-state index in [4.69, 9.17) is 10.00 Å². The number of hydrogen-bond donors (Lipinski definition) is 2. The third kappa shape index (κ3) is 4.62. The van der Waals surface area contributed by atoms with Crippen LogP contribution in [0.5, 0.6) is 5.75 Å². The molecule has 0 fully saturated rings. The average Bonchev–Trinajstić information content (AvgIpc) is 2.70. The van der Waals surface area contributed by atoms with Crippen molar-refractivity contribution in [2.75, 3.05) is 10.6 Å². The number of amides is 1. The first kappa shape index (κ1) is 18.9. The number of nitrogens with one attached hydrogen (secondary N) is 2. The van der Waals surface area contributed by atoms with E-state index in [1.54, 1.807) is 30.3 Å². The number of ether oxygens (including phenoxy) is 1. The third-order valence-corrected chi connectivity index (χ3v) is 3.71. The van der Waals surface area contributed by atoms with Gasteiger partial charge in [-0.05, 0) is 38.1 Å². The summed E-state index contributed by atoms with van der Waals surface area (Å²) in [5.74, 6) is 0.546. The second-order valence-corrected chi connectivity index (χ2v) is 6.19. The number of nitrogens with zero attached hydrogens (tertiary/aromatic N) is 3. The first-order chi connectivity index (χ1) is 13.6. The number of carbonyl (C=O) groups excluding carboxylic acids is 1. The smallest absolute Gasteiger partial charge is 0.258 e. The Morgan fingerprint density at radius 3 is 2.36 bits per heavy atom. The molecular formula is C21H19N5O2. The van der Waals surface area contributed by atoms with Crippen LogP contribution in [0.15, 0.2) is 60.9 Å². The van der Waals surface area contributed by atoms with Gasteiger partial charge in [-0.1, -0.05) is 24.3 Å². The fourth-order valence-corrected chi connectivity index (χ4v) is 2.44. The van der Waals surface area contributed by atoms with Gasteiger partial charge in [0, 0.05) is 12.4 Å². The summed E-state index contributed by atoms with van der Waals surface area (Å²) in [7, 11) is 0. The van der Waals surface area contributed by atoms with Crippen molar-refractivity contribution in [1.29, 1.82) is 5.26 Å². The van der Waals surface area contributed by atoms with Crippen molar-refractivity contribution >= 4 is 23.2 Å². The van der Waals surface area contributed by atoms with E-state index >= 15 is 0 Å². The van der Waals surface area contributed by atoms with E-state index in [1.807, 2.05) is 32.0 Å². The molecule has 0 saturated heterocycles. The maximum Gasteiger partial charge on any atom is 0.258 e. The highest BCUT2D eigenvalue weighted by molar-refractivity contribution is 6.04. The lowest BCUT2D eigenvalue weighted by atomic mass is 10.2. The first-order valence-electron chi connectivity index (χ1n) is 8.72. The van der Waals surface area contributed by atoms with Crippen LogP contribution in [0.2, 0.25) is 0 Å². The Kier molecular flexibility index (Phi) is 5.82. The summed E-state index contributed by atoms with van der Waals surface area (Å²) in [5, 5.41) is 14.9. The monoisotopic (exact) mass is 373 g/mol. The molecule has 0 bridgehead atoms. The Hall–Kier alpha value is -3.92. The number of carbonyl (C=O) groups is 1. The molecule has 7 nitrogen and oxygen atoms in total. The summed E-state index contributed by atoms with van der Waals surface area (Å²) in [4.78, 5) is 20.8. The molecule has 7 heteroatoms. The summed E-state index contributed by atoms with van der Waals surface area (Å²) >= 11 is 0. The van der Waals surface area contributed by atoms with Gasteiger partial charge in [0.15, 0.2) is 0 Å². The largest absolute Gasteiger partial charge is 0.489 e. The predicted molar refractivity (Wildman–Crippen MR) is 107 cm³/mol. The summed E-state index contributed by atoms with van der Waals surface area (Å²) < 4.78 is 5.71. The molecule has 3 aromatic rings. The average molecular weight is 373 g/mol. The van der Waals surface area contributed by atoms with Crippen LogP contribution in [0.1, 0.15) is 29.8 Å². The summed E-state index contributed by atoms with van der Waals surface area (Å²) in [6, 6.07) is 16.4. The molecule has 140 valence electrons. The van der Waals surface area contributed by atoms with Crippen molar-refractivity contribution in [2.45, 2.75) is 20.0 Å². The zero-order valence-corrected chi connectivity index (χ0v) is 15.5. The first-order valence-corrected chi connectivity index (χ1v) is 8.72. The quantitative estimate of drug-likeness (QED) is 0.674. The molecular weight excluding hydrogens is 354 g/mol. The number of rotatable bonds is 6. The molecule has 0 aliphatic carbocycles. The molecule has 0 unspecified atom stereocenters. The fourth-order valence-electron chi connectivity index (χ4n) is 2.44. The van der Waals surface area contributed by atoms with E-state index in [0.717, 1.165) is 0 Å². The zero-order valence-electron chi connectivity index (χ0n) is 15.5. The van der Waals surface area contributed by atoms with Gasteiger partial charge in [-0.2, -0.15) is 5.26 Å². The Bertz CT molecular complexity index is 1010. The summed E-state index contributed by atoms with van der Waals surface area (Å²) in [5.41, 5.74) is 1.96. The highest BCUT2D eigenvalue weighted by atomic mass is 16.5. The molecule has 1 amide bonds. The molecule has 0 spiro atoms. The second-order valence-electron chi connectivity index (χ2n) is 6.19. The van der Waals surface area contributed by atoms with Crippen molar-refractivity contribution in [3.8, 4) is 11.8 Å². The standard InChI is InChI=1S/C21H19N5O2/c1-14(2)28-19-10-6-5-9-18(19)25-20(27)16-12-23-21(24-13-16)26-17-8-4-3-7-15(17)11-22/h3-10,12-14H,1-2H3,(H,25,27)(H,23,24,26). The predicted octanol–water partition coefficient (Wildman–Crippen LogP) is 4.13. The van der Waals surface area contributed by atoms with Crippen LogP contribution in [0, 0.1) is 11.3 Å². The lowest BCUT2D eigenvalue weighted by Crippen LogP contribution is -2.15. The Morgan fingerprint density at radius 2 is 1.68 bits per heavy atom. The number of nitriles is 1.